The molecule has 5 rings (SSSR count). The van der Waals surface area contributed by atoms with Crippen LogP contribution in [-0.4, -0.2) is 46.7 Å². The number of hydrogen-bond acceptors (Lipinski definition) is 5. The maximum Gasteiger partial charge on any atom is 0.573 e. The monoisotopic (exact) mass is 523 g/mol. The summed E-state index contributed by atoms with van der Waals surface area (Å²) in [4.78, 5) is 21.0. The lowest BCUT2D eigenvalue weighted by atomic mass is 10.1. The fourth-order valence-corrected chi connectivity index (χ4v) is 5.64. The van der Waals surface area contributed by atoms with Crippen LogP contribution in [0.1, 0.15) is 21.6 Å². The summed E-state index contributed by atoms with van der Waals surface area (Å²) < 4.78 is 68.9. The number of amides is 1. The molecule has 11 heteroatoms. The van der Waals surface area contributed by atoms with Gasteiger partial charge in [0.05, 0.1) is 5.51 Å². The van der Waals surface area contributed by atoms with Crippen LogP contribution in [0, 0.1) is 29.4 Å². The molecule has 1 aromatic heterocycles. The molecule has 0 spiro atoms. The highest BCUT2D eigenvalue weighted by Crippen LogP contribution is 2.52. The lowest BCUT2D eigenvalue weighted by Crippen LogP contribution is -2.35. The highest BCUT2D eigenvalue weighted by molar-refractivity contribution is 7.07. The Morgan fingerprint density at radius 2 is 1.81 bits per heavy atom. The number of hydrogen-bond donors (Lipinski definition) is 0. The molecule has 2 heterocycles. The van der Waals surface area contributed by atoms with Gasteiger partial charge in [0.1, 0.15) is 23.1 Å². The van der Waals surface area contributed by atoms with Gasteiger partial charge in [0.25, 0.3) is 5.91 Å². The molecule has 1 aliphatic heterocycles. The molecule has 1 saturated carbocycles. The summed E-state index contributed by atoms with van der Waals surface area (Å²) in [6.07, 6.45) is -4.80. The molecule has 2 atom stereocenters. The number of alkyl halides is 3. The third kappa shape index (κ3) is 5.84. The first-order chi connectivity index (χ1) is 17.1. The fourth-order valence-electron chi connectivity index (χ4n) is 5.11. The molecule has 1 saturated heterocycles. The van der Waals surface area contributed by atoms with Crippen molar-refractivity contribution in [1.82, 2.24) is 14.8 Å². The third-order valence-corrected chi connectivity index (χ3v) is 7.24. The van der Waals surface area contributed by atoms with Crippen molar-refractivity contribution in [3.8, 4) is 5.75 Å². The van der Waals surface area contributed by atoms with Crippen LogP contribution in [0.15, 0.2) is 53.4 Å². The molecule has 1 amide bonds. The largest absolute Gasteiger partial charge is 0.573 e. The second-order valence-corrected chi connectivity index (χ2v) is 9.94. The van der Waals surface area contributed by atoms with Gasteiger partial charge in [0.15, 0.2) is 0 Å². The van der Waals surface area contributed by atoms with Crippen LogP contribution in [0.2, 0.25) is 0 Å². The van der Waals surface area contributed by atoms with Crippen LogP contribution >= 0.6 is 11.3 Å². The van der Waals surface area contributed by atoms with E-state index in [1.807, 2.05) is 0 Å². The van der Waals surface area contributed by atoms with Gasteiger partial charge < -0.3 is 9.64 Å². The van der Waals surface area contributed by atoms with E-state index in [2.05, 4.69) is 14.6 Å². The quantitative estimate of drug-likeness (QED) is 0.374. The summed E-state index contributed by atoms with van der Waals surface area (Å²) in [7, 11) is 0. The van der Waals surface area contributed by atoms with E-state index in [1.54, 1.807) is 21.9 Å². The summed E-state index contributed by atoms with van der Waals surface area (Å²) in [5.74, 6) is -0.906. The van der Waals surface area contributed by atoms with E-state index in [-0.39, 0.29) is 24.1 Å². The van der Waals surface area contributed by atoms with Crippen molar-refractivity contribution in [1.29, 1.82) is 0 Å². The van der Waals surface area contributed by atoms with Crippen molar-refractivity contribution < 1.29 is 31.5 Å². The third-order valence-electron chi connectivity index (χ3n) is 6.65. The molecule has 0 radical (unpaired) electrons. The summed E-state index contributed by atoms with van der Waals surface area (Å²) in [6, 6.07) is 9.11. The Hall–Kier alpha value is -3.05. The van der Waals surface area contributed by atoms with Gasteiger partial charge in [-0.3, -0.25) is 9.69 Å². The average molecular weight is 524 g/mol. The summed E-state index contributed by atoms with van der Waals surface area (Å²) in [5.41, 5.74) is 2.94. The molecule has 1 aliphatic carbocycles. The zero-order chi connectivity index (χ0) is 25.4. The standard InChI is InChI=1S/C25H22F5N3O2S/c26-17-4-16(5-18(27)7-17)8-32-10-20-21(11-32)22(20)12-33(24(34)23-13-36-14-31-23)9-15-2-1-3-19(6-15)35-25(28,29)30/h1-7,13-14,20-22H,8-12H2. The molecule has 0 bridgehead atoms. The van der Waals surface area contributed by atoms with E-state index in [4.69, 9.17) is 0 Å². The van der Waals surface area contributed by atoms with Gasteiger partial charge in [-0.1, -0.05) is 12.1 Å². The van der Waals surface area contributed by atoms with Crippen molar-refractivity contribution in [3.05, 3.63) is 81.8 Å². The van der Waals surface area contributed by atoms with Crippen LogP contribution in [0.25, 0.3) is 0 Å². The number of ether oxygens (including phenoxy) is 1. The molecular weight excluding hydrogens is 501 g/mol. The van der Waals surface area contributed by atoms with Crippen LogP contribution in [0.5, 0.6) is 5.75 Å². The van der Waals surface area contributed by atoms with E-state index in [1.165, 1.54) is 41.7 Å². The maximum atomic E-state index is 13.5. The smallest absolute Gasteiger partial charge is 0.406 e. The van der Waals surface area contributed by atoms with Crippen molar-refractivity contribution in [2.45, 2.75) is 19.5 Å². The Bertz CT molecular complexity index is 1200. The topological polar surface area (TPSA) is 45.7 Å². The number of carbonyl (C=O) groups is 1. The minimum Gasteiger partial charge on any atom is -0.406 e. The highest BCUT2D eigenvalue weighted by Gasteiger charge is 2.56. The Balaban J connectivity index is 1.24. The zero-order valence-electron chi connectivity index (χ0n) is 18.9. The normalized spacial score (nSPS) is 21.3. The number of benzene rings is 2. The summed E-state index contributed by atoms with van der Waals surface area (Å²) in [5, 5.41) is 1.64. The summed E-state index contributed by atoms with van der Waals surface area (Å²) in [6.45, 7) is 2.51. The van der Waals surface area contributed by atoms with Gasteiger partial charge >= 0.3 is 6.36 Å². The van der Waals surface area contributed by atoms with E-state index >= 15 is 0 Å². The minimum absolute atomic E-state index is 0.119. The zero-order valence-corrected chi connectivity index (χ0v) is 19.7. The fraction of sp³-hybridized carbons (Fsp3) is 0.360. The Kier molecular flexibility index (Phi) is 6.69. The molecule has 2 aliphatic rings. The molecule has 2 unspecified atom stereocenters. The van der Waals surface area contributed by atoms with E-state index in [0.29, 0.717) is 41.7 Å². The molecular formula is C25H22F5N3O2S. The Morgan fingerprint density at radius 3 is 2.44 bits per heavy atom. The first-order valence-electron chi connectivity index (χ1n) is 11.3. The van der Waals surface area contributed by atoms with Crippen molar-refractivity contribution in [3.63, 3.8) is 0 Å². The first-order valence-corrected chi connectivity index (χ1v) is 12.3. The number of aromatic nitrogens is 1. The van der Waals surface area contributed by atoms with E-state index < -0.39 is 18.0 Å². The second kappa shape index (κ2) is 9.78. The van der Waals surface area contributed by atoms with Crippen LogP contribution in [0.4, 0.5) is 22.0 Å². The van der Waals surface area contributed by atoms with Gasteiger partial charge in [-0.15, -0.1) is 24.5 Å². The van der Waals surface area contributed by atoms with Crippen molar-refractivity contribution >= 4 is 17.2 Å². The predicted octanol–water partition coefficient (Wildman–Crippen LogP) is 5.34. The number of rotatable bonds is 8. The second-order valence-electron chi connectivity index (χ2n) is 9.22. The van der Waals surface area contributed by atoms with Gasteiger partial charge in [-0.2, -0.15) is 0 Å². The van der Waals surface area contributed by atoms with Crippen molar-refractivity contribution in [2.75, 3.05) is 19.6 Å². The highest BCUT2D eigenvalue weighted by atomic mass is 32.1. The number of thiazole rings is 1. The minimum atomic E-state index is -4.80. The van der Waals surface area contributed by atoms with E-state index in [9.17, 15) is 26.7 Å². The van der Waals surface area contributed by atoms with Gasteiger partial charge in [-0.05, 0) is 53.1 Å². The lowest BCUT2D eigenvalue weighted by molar-refractivity contribution is -0.274. The van der Waals surface area contributed by atoms with Crippen LogP contribution < -0.4 is 4.74 Å². The molecule has 3 aromatic rings. The van der Waals surface area contributed by atoms with E-state index in [0.717, 1.165) is 19.2 Å². The van der Waals surface area contributed by atoms with Crippen LogP contribution in [0.3, 0.4) is 0 Å². The lowest BCUT2D eigenvalue weighted by Gasteiger charge is -2.25. The maximum absolute atomic E-state index is 13.5. The van der Waals surface area contributed by atoms with Gasteiger partial charge in [0.2, 0.25) is 0 Å². The number of halogens is 5. The molecule has 2 fully saturated rings. The van der Waals surface area contributed by atoms with Crippen molar-refractivity contribution in [2.24, 2.45) is 17.8 Å². The van der Waals surface area contributed by atoms with Gasteiger partial charge in [0, 0.05) is 44.2 Å². The SMILES string of the molecule is O=C(c1cscn1)N(Cc1cccc(OC(F)(F)F)c1)CC1C2CN(Cc3cc(F)cc(F)c3)CC21. The number of nitrogens with zero attached hydrogens (tertiary/aromatic N) is 3. The molecule has 2 aromatic carbocycles. The molecule has 0 N–H and O–H groups in total. The number of likely N-dealkylation sites (tertiary alicyclic amines) is 1. The van der Waals surface area contributed by atoms with Crippen LogP contribution in [-0.2, 0) is 13.1 Å². The number of carbonyl (C=O) groups excluding carboxylic acids is 1. The summed E-state index contributed by atoms with van der Waals surface area (Å²) >= 11 is 1.29. The Morgan fingerprint density at radius 1 is 1.08 bits per heavy atom. The number of piperidine rings is 1. The Labute approximate surface area is 208 Å². The average Bonchev–Trinajstić information content (AvgIpc) is 3.17. The number of fused-ring (bicyclic) bond motifs is 1. The molecule has 36 heavy (non-hydrogen) atoms. The molecule has 190 valence electrons. The molecule has 5 nitrogen and oxygen atoms in total. The van der Waals surface area contributed by atoms with Gasteiger partial charge in [-0.25, -0.2) is 13.8 Å². The first kappa shape index (κ1) is 24.6. The predicted molar refractivity (Wildman–Crippen MR) is 122 cm³/mol.